The van der Waals surface area contributed by atoms with Crippen molar-refractivity contribution >= 4 is 21.8 Å². The number of carbonyl (C=O) groups excluding carboxylic acids is 2. The van der Waals surface area contributed by atoms with Crippen LogP contribution in [0, 0.1) is 33.6 Å². The fraction of sp³-hybridized carbons (Fsp3) is 0.652. The molecule has 2 N–H and O–H groups in total. The molecular formula is C23H37N3O4S. The SMILES string of the molecule is CCC(C)NC(=O)C(C)NC(=O)C1CCN(S(=O)(=O)c2c(C)c(C)cc(C)c2C)CC1. The Balaban J connectivity index is 2.04. The van der Waals surface area contributed by atoms with E-state index in [1.165, 1.54) is 4.31 Å². The molecule has 2 amide bonds. The summed E-state index contributed by atoms with van der Waals surface area (Å²) in [6.07, 6.45) is 1.69. The summed E-state index contributed by atoms with van der Waals surface area (Å²) < 4.78 is 28.3. The lowest BCUT2D eigenvalue weighted by molar-refractivity contribution is -0.131. The summed E-state index contributed by atoms with van der Waals surface area (Å²) in [6.45, 7) is 13.7. The van der Waals surface area contributed by atoms with E-state index in [9.17, 15) is 18.0 Å². The molecule has 7 nitrogen and oxygen atoms in total. The van der Waals surface area contributed by atoms with E-state index in [0.29, 0.717) is 30.8 Å². The van der Waals surface area contributed by atoms with Crippen molar-refractivity contribution in [3.05, 3.63) is 28.3 Å². The van der Waals surface area contributed by atoms with E-state index in [2.05, 4.69) is 10.6 Å². The smallest absolute Gasteiger partial charge is 0.243 e. The van der Waals surface area contributed by atoms with Gasteiger partial charge in [-0.3, -0.25) is 9.59 Å². The van der Waals surface area contributed by atoms with E-state index in [-0.39, 0.29) is 23.8 Å². The molecule has 1 saturated heterocycles. The lowest BCUT2D eigenvalue weighted by Gasteiger charge is -2.32. The Morgan fingerprint density at radius 1 is 1.03 bits per heavy atom. The van der Waals surface area contributed by atoms with Gasteiger partial charge in [0.2, 0.25) is 21.8 Å². The van der Waals surface area contributed by atoms with Crippen molar-refractivity contribution in [1.29, 1.82) is 0 Å². The number of amides is 2. The van der Waals surface area contributed by atoms with Gasteiger partial charge in [0.05, 0.1) is 4.90 Å². The predicted octanol–water partition coefficient (Wildman–Crippen LogP) is 2.74. The maximum absolute atomic E-state index is 13.4. The maximum atomic E-state index is 13.4. The molecular weight excluding hydrogens is 414 g/mol. The molecule has 2 unspecified atom stereocenters. The van der Waals surface area contributed by atoms with Crippen LogP contribution in [0.1, 0.15) is 62.3 Å². The summed E-state index contributed by atoms with van der Waals surface area (Å²) in [5, 5.41) is 5.64. The van der Waals surface area contributed by atoms with Crippen molar-refractivity contribution in [3.8, 4) is 0 Å². The first-order valence-electron chi connectivity index (χ1n) is 11.1. The third-order valence-corrected chi connectivity index (χ3v) is 8.65. The Morgan fingerprint density at radius 3 is 2.03 bits per heavy atom. The van der Waals surface area contributed by atoms with Crippen LogP contribution in [0.15, 0.2) is 11.0 Å². The number of benzene rings is 1. The zero-order chi connectivity index (χ0) is 23.5. The van der Waals surface area contributed by atoms with E-state index in [1.54, 1.807) is 6.92 Å². The summed E-state index contributed by atoms with van der Waals surface area (Å²) in [7, 11) is -3.63. The quantitative estimate of drug-likeness (QED) is 0.666. The molecule has 2 rings (SSSR count). The van der Waals surface area contributed by atoms with Gasteiger partial charge in [-0.15, -0.1) is 0 Å². The highest BCUT2D eigenvalue weighted by atomic mass is 32.2. The fourth-order valence-electron chi connectivity index (χ4n) is 3.92. The number of nitrogens with zero attached hydrogens (tertiary/aromatic N) is 1. The van der Waals surface area contributed by atoms with Crippen LogP contribution in [0.5, 0.6) is 0 Å². The summed E-state index contributed by atoms with van der Waals surface area (Å²) >= 11 is 0. The maximum Gasteiger partial charge on any atom is 0.243 e. The molecule has 1 heterocycles. The highest BCUT2D eigenvalue weighted by Gasteiger charge is 2.35. The van der Waals surface area contributed by atoms with Gasteiger partial charge in [-0.05, 0) is 83.1 Å². The number of nitrogens with one attached hydrogen (secondary N) is 2. The minimum Gasteiger partial charge on any atom is -0.352 e. The topological polar surface area (TPSA) is 95.6 Å². The molecule has 0 spiro atoms. The number of carbonyl (C=O) groups is 2. The van der Waals surface area contributed by atoms with E-state index in [0.717, 1.165) is 28.7 Å². The molecule has 0 radical (unpaired) electrons. The average Bonchev–Trinajstić information content (AvgIpc) is 2.72. The molecule has 1 aromatic carbocycles. The second-order valence-corrected chi connectivity index (χ2v) is 10.7. The minimum atomic E-state index is -3.63. The third kappa shape index (κ3) is 5.66. The van der Waals surface area contributed by atoms with Crippen molar-refractivity contribution in [2.75, 3.05) is 13.1 Å². The first-order valence-corrected chi connectivity index (χ1v) is 12.5. The second kappa shape index (κ2) is 10.1. The lowest BCUT2D eigenvalue weighted by Crippen LogP contribution is -2.50. The van der Waals surface area contributed by atoms with Crippen molar-refractivity contribution in [2.24, 2.45) is 5.92 Å². The number of sulfonamides is 1. The molecule has 1 aliphatic rings. The summed E-state index contributed by atoms with van der Waals surface area (Å²) in [4.78, 5) is 25.2. The predicted molar refractivity (Wildman–Crippen MR) is 122 cm³/mol. The highest BCUT2D eigenvalue weighted by molar-refractivity contribution is 7.89. The number of piperidine rings is 1. The van der Waals surface area contributed by atoms with Crippen LogP contribution in [-0.4, -0.2) is 49.7 Å². The van der Waals surface area contributed by atoms with Gasteiger partial charge in [0.25, 0.3) is 0 Å². The Hall–Kier alpha value is -1.93. The number of rotatable bonds is 7. The van der Waals surface area contributed by atoms with Crippen LogP contribution in [0.25, 0.3) is 0 Å². The van der Waals surface area contributed by atoms with E-state index >= 15 is 0 Å². The molecule has 174 valence electrons. The zero-order valence-corrected chi connectivity index (χ0v) is 20.6. The summed E-state index contributed by atoms with van der Waals surface area (Å²) in [6, 6.07) is 1.44. The van der Waals surface area contributed by atoms with Crippen LogP contribution in [0.4, 0.5) is 0 Å². The van der Waals surface area contributed by atoms with Gasteiger partial charge in [-0.2, -0.15) is 4.31 Å². The van der Waals surface area contributed by atoms with Gasteiger partial charge in [0.1, 0.15) is 6.04 Å². The Bertz CT molecular complexity index is 908. The van der Waals surface area contributed by atoms with Crippen LogP contribution < -0.4 is 10.6 Å². The van der Waals surface area contributed by atoms with Crippen molar-refractivity contribution in [1.82, 2.24) is 14.9 Å². The van der Waals surface area contributed by atoms with Crippen LogP contribution in [0.3, 0.4) is 0 Å². The Labute approximate surface area is 187 Å². The molecule has 1 fully saturated rings. The van der Waals surface area contributed by atoms with Crippen molar-refractivity contribution < 1.29 is 18.0 Å². The number of hydrogen-bond acceptors (Lipinski definition) is 4. The molecule has 2 atom stereocenters. The van der Waals surface area contributed by atoms with E-state index < -0.39 is 16.1 Å². The first-order chi connectivity index (χ1) is 14.4. The third-order valence-electron chi connectivity index (χ3n) is 6.47. The van der Waals surface area contributed by atoms with Crippen LogP contribution >= 0.6 is 0 Å². The molecule has 8 heteroatoms. The highest BCUT2D eigenvalue weighted by Crippen LogP contribution is 2.31. The molecule has 0 saturated carbocycles. The van der Waals surface area contributed by atoms with Gasteiger partial charge in [-0.1, -0.05) is 13.0 Å². The van der Waals surface area contributed by atoms with E-state index in [1.807, 2.05) is 47.6 Å². The lowest BCUT2D eigenvalue weighted by atomic mass is 9.97. The van der Waals surface area contributed by atoms with Crippen LogP contribution in [-0.2, 0) is 19.6 Å². The van der Waals surface area contributed by atoms with Gasteiger partial charge < -0.3 is 10.6 Å². The van der Waals surface area contributed by atoms with Gasteiger partial charge in [0, 0.05) is 25.0 Å². The largest absolute Gasteiger partial charge is 0.352 e. The molecule has 0 aromatic heterocycles. The Morgan fingerprint density at radius 2 is 1.55 bits per heavy atom. The minimum absolute atomic E-state index is 0.0532. The summed E-state index contributed by atoms with van der Waals surface area (Å²) in [5.74, 6) is -0.696. The first kappa shape index (κ1) is 25.3. The molecule has 31 heavy (non-hydrogen) atoms. The average molecular weight is 452 g/mol. The summed E-state index contributed by atoms with van der Waals surface area (Å²) in [5.41, 5.74) is 3.48. The van der Waals surface area contributed by atoms with Gasteiger partial charge >= 0.3 is 0 Å². The number of hydrogen-bond donors (Lipinski definition) is 2. The Kier molecular flexibility index (Phi) is 8.27. The monoisotopic (exact) mass is 451 g/mol. The molecule has 1 aromatic rings. The second-order valence-electron chi connectivity index (χ2n) is 8.82. The van der Waals surface area contributed by atoms with Crippen LogP contribution in [0.2, 0.25) is 0 Å². The number of aryl methyl sites for hydroxylation is 2. The van der Waals surface area contributed by atoms with Gasteiger partial charge in [-0.25, -0.2) is 8.42 Å². The standard InChI is InChI=1S/C23H37N3O4S/c1-8-16(4)24-22(27)19(7)25-23(28)20-9-11-26(12-10-20)31(29,30)21-17(5)14(2)13-15(3)18(21)6/h13,16,19-20H,8-12H2,1-7H3,(H,24,27)(H,25,28). The molecule has 1 aliphatic heterocycles. The zero-order valence-electron chi connectivity index (χ0n) is 19.8. The normalized spacial score (nSPS) is 17.8. The molecule has 0 bridgehead atoms. The molecule has 0 aliphatic carbocycles. The van der Waals surface area contributed by atoms with Crippen molar-refractivity contribution in [2.45, 2.75) is 84.7 Å². The fourth-order valence-corrected chi connectivity index (χ4v) is 5.97. The van der Waals surface area contributed by atoms with Gasteiger partial charge in [0.15, 0.2) is 0 Å². The van der Waals surface area contributed by atoms with Crippen molar-refractivity contribution in [3.63, 3.8) is 0 Å². The van der Waals surface area contributed by atoms with E-state index in [4.69, 9.17) is 0 Å².